The van der Waals surface area contributed by atoms with Crippen LogP contribution >= 0.6 is 23.2 Å². The lowest BCUT2D eigenvalue weighted by molar-refractivity contribution is 0.422. The van der Waals surface area contributed by atoms with Gasteiger partial charge in [0.1, 0.15) is 0 Å². The summed E-state index contributed by atoms with van der Waals surface area (Å²) in [5.41, 5.74) is 6.10. The van der Waals surface area contributed by atoms with E-state index < -0.39 is 0 Å². The molecular weight excluding hydrogens is 261 g/mol. The molecule has 2 N–H and O–H groups in total. The lowest BCUT2D eigenvalue weighted by Crippen LogP contribution is -2.01. The minimum atomic E-state index is 0.402. The van der Waals surface area contributed by atoms with E-state index >= 15 is 0 Å². The van der Waals surface area contributed by atoms with Gasteiger partial charge in [-0.2, -0.15) is 4.98 Å². The van der Waals surface area contributed by atoms with Crippen LogP contribution in [0, 0.1) is 0 Å². The third kappa shape index (κ3) is 2.97. The molecule has 17 heavy (non-hydrogen) atoms. The van der Waals surface area contributed by atoms with Gasteiger partial charge in [0.25, 0.3) is 5.89 Å². The molecule has 0 aliphatic heterocycles. The average molecular weight is 272 g/mol. The van der Waals surface area contributed by atoms with Crippen molar-refractivity contribution in [2.75, 3.05) is 6.54 Å². The van der Waals surface area contributed by atoms with Gasteiger partial charge in [0.05, 0.1) is 10.6 Å². The fourth-order valence-electron chi connectivity index (χ4n) is 1.39. The van der Waals surface area contributed by atoms with E-state index in [0.717, 1.165) is 6.42 Å². The number of aromatic nitrogens is 2. The van der Waals surface area contributed by atoms with E-state index in [1.54, 1.807) is 18.2 Å². The molecule has 1 heterocycles. The molecule has 0 saturated heterocycles. The molecule has 0 unspecified atom stereocenters. The number of benzene rings is 1. The Morgan fingerprint density at radius 1 is 1.29 bits per heavy atom. The van der Waals surface area contributed by atoms with Gasteiger partial charge in [0.2, 0.25) is 0 Å². The Morgan fingerprint density at radius 3 is 2.82 bits per heavy atom. The molecule has 0 aliphatic carbocycles. The second kappa shape index (κ2) is 5.49. The molecule has 90 valence electrons. The molecule has 2 aromatic rings. The molecule has 2 rings (SSSR count). The van der Waals surface area contributed by atoms with Crippen LogP contribution in [-0.4, -0.2) is 16.7 Å². The zero-order valence-electron chi connectivity index (χ0n) is 8.99. The SMILES string of the molecule is NCCCc1noc(-c2ccc(Cl)cc2Cl)n1. The van der Waals surface area contributed by atoms with Crippen LogP contribution in [0.5, 0.6) is 0 Å². The maximum atomic E-state index is 6.05. The highest BCUT2D eigenvalue weighted by Crippen LogP contribution is 2.29. The lowest BCUT2D eigenvalue weighted by atomic mass is 10.2. The van der Waals surface area contributed by atoms with Crippen LogP contribution in [-0.2, 0) is 6.42 Å². The molecule has 0 amide bonds. The van der Waals surface area contributed by atoms with Crippen LogP contribution in [0.3, 0.4) is 0 Å². The van der Waals surface area contributed by atoms with Gasteiger partial charge < -0.3 is 10.3 Å². The first-order chi connectivity index (χ1) is 8.20. The molecule has 0 bridgehead atoms. The van der Waals surface area contributed by atoms with Gasteiger partial charge in [-0.25, -0.2) is 0 Å². The molecule has 0 fully saturated rings. The molecule has 4 nitrogen and oxygen atoms in total. The number of halogens is 2. The van der Waals surface area contributed by atoms with E-state index in [4.69, 9.17) is 33.5 Å². The Morgan fingerprint density at radius 2 is 2.12 bits per heavy atom. The normalized spacial score (nSPS) is 10.8. The van der Waals surface area contributed by atoms with E-state index in [9.17, 15) is 0 Å². The number of hydrogen-bond donors (Lipinski definition) is 1. The van der Waals surface area contributed by atoms with Crippen molar-refractivity contribution in [2.45, 2.75) is 12.8 Å². The zero-order valence-corrected chi connectivity index (χ0v) is 10.5. The van der Waals surface area contributed by atoms with Gasteiger partial charge in [-0.1, -0.05) is 28.4 Å². The van der Waals surface area contributed by atoms with Crippen molar-refractivity contribution >= 4 is 23.2 Å². The summed E-state index contributed by atoms with van der Waals surface area (Å²) < 4.78 is 5.14. The molecule has 0 atom stereocenters. The molecule has 0 spiro atoms. The Labute approximate surface area is 109 Å². The molecular formula is C11H11Cl2N3O. The minimum Gasteiger partial charge on any atom is -0.334 e. The van der Waals surface area contributed by atoms with Crippen LogP contribution in [0.25, 0.3) is 11.5 Å². The highest BCUT2D eigenvalue weighted by atomic mass is 35.5. The Balaban J connectivity index is 2.24. The minimum absolute atomic E-state index is 0.402. The summed E-state index contributed by atoms with van der Waals surface area (Å²) in [6.45, 7) is 0.603. The Kier molecular flexibility index (Phi) is 3.99. The topological polar surface area (TPSA) is 64.9 Å². The van der Waals surface area contributed by atoms with Crippen LogP contribution in [0.2, 0.25) is 10.0 Å². The average Bonchev–Trinajstić information content (AvgIpc) is 2.75. The van der Waals surface area contributed by atoms with E-state index in [-0.39, 0.29) is 0 Å². The zero-order chi connectivity index (χ0) is 12.3. The second-order valence-corrected chi connectivity index (χ2v) is 4.38. The number of hydrogen-bond acceptors (Lipinski definition) is 4. The van der Waals surface area contributed by atoms with Crippen molar-refractivity contribution in [3.05, 3.63) is 34.1 Å². The van der Waals surface area contributed by atoms with Crippen LogP contribution in [0.1, 0.15) is 12.2 Å². The number of rotatable bonds is 4. The smallest absolute Gasteiger partial charge is 0.259 e. The fraction of sp³-hybridized carbons (Fsp3) is 0.273. The number of aryl methyl sites for hydroxylation is 1. The molecule has 1 aromatic heterocycles. The maximum Gasteiger partial charge on any atom is 0.259 e. The third-order valence-electron chi connectivity index (χ3n) is 2.23. The van der Waals surface area contributed by atoms with Crippen LogP contribution in [0.15, 0.2) is 22.7 Å². The molecule has 6 heteroatoms. The quantitative estimate of drug-likeness (QED) is 0.929. The van der Waals surface area contributed by atoms with Crippen LogP contribution in [0.4, 0.5) is 0 Å². The largest absolute Gasteiger partial charge is 0.334 e. The lowest BCUT2D eigenvalue weighted by Gasteiger charge is -1.98. The summed E-state index contributed by atoms with van der Waals surface area (Å²) in [4.78, 5) is 4.25. The van der Waals surface area contributed by atoms with Crippen molar-refractivity contribution in [1.29, 1.82) is 0 Å². The highest BCUT2D eigenvalue weighted by molar-refractivity contribution is 6.36. The highest BCUT2D eigenvalue weighted by Gasteiger charge is 2.12. The first kappa shape index (κ1) is 12.4. The molecule has 0 aliphatic rings. The van der Waals surface area contributed by atoms with Gasteiger partial charge in [0, 0.05) is 11.4 Å². The fourth-order valence-corrected chi connectivity index (χ4v) is 1.88. The van der Waals surface area contributed by atoms with Crippen molar-refractivity contribution in [3.8, 4) is 11.5 Å². The van der Waals surface area contributed by atoms with E-state index in [1.807, 2.05) is 0 Å². The molecule has 1 aromatic carbocycles. The number of nitrogens with two attached hydrogens (primary N) is 1. The van der Waals surface area contributed by atoms with Gasteiger partial charge >= 0.3 is 0 Å². The van der Waals surface area contributed by atoms with E-state index in [0.29, 0.717) is 40.3 Å². The van der Waals surface area contributed by atoms with Gasteiger partial charge in [-0.3, -0.25) is 0 Å². The van der Waals surface area contributed by atoms with Crippen molar-refractivity contribution in [2.24, 2.45) is 5.73 Å². The van der Waals surface area contributed by atoms with Crippen molar-refractivity contribution in [3.63, 3.8) is 0 Å². The maximum absolute atomic E-state index is 6.05. The Hall–Kier alpha value is -1.10. The van der Waals surface area contributed by atoms with Crippen molar-refractivity contribution < 1.29 is 4.52 Å². The van der Waals surface area contributed by atoms with E-state index in [1.165, 1.54) is 0 Å². The van der Waals surface area contributed by atoms with E-state index in [2.05, 4.69) is 10.1 Å². The Bertz CT molecular complexity index is 513. The summed E-state index contributed by atoms with van der Waals surface area (Å²) in [5.74, 6) is 1.04. The predicted octanol–water partition coefficient (Wildman–Crippen LogP) is 2.93. The van der Waals surface area contributed by atoms with Gasteiger partial charge in [-0.05, 0) is 31.2 Å². The molecule has 0 saturated carbocycles. The van der Waals surface area contributed by atoms with Gasteiger partial charge in [-0.15, -0.1) is 0 Å². The molecule has 0 radical (unpaired) electrons. The summed E-state index contributed by atoms with van der Waals surface area (Å²) in [6.07, 6.45) is 1.53. The van der Waals surface area contributed by atoms with Crippen molar-refractivity contribution in [1.82, 2.24) is 10.1 Å². The monoisotopic (exact) mass is 271 g/mol. The summed E-state index contributed by atoms with van der Waals surface area (Å²) in [5, 5.41) is 4.92. The summed E-state index contributed by atoms with van der Waals surface area (Å²) in [6, 6.07) is 5.12. The standard InChI is InChI=1S/C11H11Cl2N3O/c12-7-3-4-8(9(13)6-7)11-15-10(16-17-11)2-1-5-14/h3-4,6H,1-2,5,14H2. The summed E-state index contributed by atoms with van der Waals surface area (Å²) in [7, 11) is 0. The number of nitrogens with zero attached hydrogens (tertiary/aromatic N) is 2. The predicted molar refractivity (Wildman–Crippen MR) is 67.1 cm³/mol. The first-order valence-corrected chi connectivity index (χ1v) is 5.94. The second-order valence-electron chi connectivity index (χ2n) is 3.53. The first-order valence-electron chi connectivity index (χ1n) is 5.19. The van der Waals surface area contributed by atoms with Gasteiger partial charge in [0.15, 0.2) is 5.82 Å². The van der Waals surface area contributed by atoms with Crippen LogP contribution < -0.4 is 5.73 Å². The summed E-state index contributed by atoms with van der Waals surface area (Å²) >= 11 is 11.9. The third-order valence-corrected chi connectivity index (χ3v) is 2.78.